The van der Waals surface area contributed by atoms with Gasteiger partial charge in [-0.25, -0.2) is 0 Å². The number of aliphatic imine (C=N–C) groups is 1. The minimum absolute atomic E-state index is 0.446. The summed E-state index contributed by atoms with van der Waals surface area (Å²) in [5.74, 6) is 0. The van der Waals surface area contributed by atoms with Gasteiger partial charge in [0.2, 0.25) is 0 Å². The van der Waals surface area contributed by atoms with Gasteiger partial charge in [0.05, 0.1) is 6.04 Å². The van der Waals surface area contributed by atoms with E-state index in [1.54, 1.807) is 0 Å². The predicted molar refractivity (Wildman–Crippen MR) is 47.7 cm³/mol. The van der Waals surface area contributed by atoms with E-state index < -0.39 is 0 Å². The van der Waals surface area contributed by atoms with Crippen molar-refractivity contribution in [1.82, 2.24) is 0 Å². The van der Waals surface area contributed by atoms with Crippen LogP contribution < -0.4 is 0 Å². The fourth-order valence-corrected chi connectivity index (χ4v) is 0.910. The van der Waals surface area contributed by atoms with Crippen LogP contribution in [0.4, 0.5) is 0 Å². The molecule has 0 rings (SSSR count). The Morgan fingerprint density at radius 3 is 2.70 bits per heavy atom. The van der Waals surface area contributed by atoms with Gasteiger partial charge in [-0.3, -0.25) is 4.99 Å². The maximum atomic E-state index is 4.01. The average Bonchev–Trinajstić information content (AvgIpc) is 1.98. The Kier molecular flexibility index (Phi) is 6.14. The van der Waals surface area contributed by atoms with Crippen LogP contribution in [-0.4, -0.2) is 12.8 Å². The van der Waals surface area contributed by atoms with Crippen molar-refractivity contribution in [2.75, 3.05) is 0 Å². The minimum Gasteiger partial charge on any atom is -0.297 e. The molecule has 1 atom stereocenters. The van der Waals surface area contributed by atoms with E-state index in [-0.39, 0.29) is 0 Å². The molecule has 1 unspecified atom stereocenters. The molecule has 58 valence electrons. The van der Waals surface area contributed by atoms with E-state index in [4.69, 9.17) is 0 Å². The highest BCUT2D eigenvalue weighted by Crippen LogP contribution is 2.05. The molecule has 0 fully saturated rings. The summed E-state index contributed by atoms with van der Waals surface area (Å²) in [6, 6.07) is 0.446. The Morgan fingerprint density at radius 1 is 1.60 bits per heavy atom. The average molecular weight is 139 g/mol. The van der Waals surface area contributed by atoms with Gasteiger partial charge in [-0.05, 0) is 26.5 Å². The van der Waals surface area contributed by atoms with Crippen LogP contribution in [0.3, 0.4) is 0 Å². The third-order valence-corrected chi connectivity index (χ3v) is 1.52. The third kappa shape index (κ3) is 4.30. The van der Waals surface area contributed by atoms with Crippen LogP contribution in [0.2, 0.25) is 0 Å². The smallest absolute Gasteiger partial charge is 0.0526 e. The monoisotopic (exact) mass is 139 g/mol. The first-order valence-corrected chi connectivity index (χ1v) is 3.92. The molecule has 0 aliphatic heterocycles. The topological polar surface area (TPSA) is 12.4 Å². The lowest BCUT2D eigenvalue weighted by Crippen LogP contribution is -2.00. The normalized spacial score (nSPS) is 13.8. The number of hydrogen-bond donors (Lipinski definition) is 0. The number of rotatable bonds is 5. The van der Waals surface area contributed by atoms with E-state index in [0.717, 1.165) is 12.8 Å². The zero-order chi connectivity index (χ0) is 7.82. The van der Waals surface area contributed by atoms with Crippen LogP contribution in [0.25, 0.3) is 0 Å². The minimum atomic E-state index is 0.446. The molecule has 0 heterocycles. The first-order chi connectivity index (χ1) is 4.85. The SMILES string of the molecule is C=NC(C/C=C/C)CCC. The van der Waals surface area contributed by atoms with E-state index in [2.05, 4.69) is 30.8 Å². The summed E-state index contributed by atoms with van der Waals surface area (Å²) in [7, 11) is 0. The highest BCUT2D eigenvalue weighted by Gasteiger charge is 1.99. The lowest BCUT2D eigenvalue weighted by atomic mass is 10.1. The summed E-state index contributed by atoms with van der Waals surface area (Å²) in [5, 5.41) is 0. The van der Waals surface area contributed by atoms with Crippen LogP contribution in [0.1, 0.15) is 33.1 Å². The second kappa shape index (κ2) is 6.53. The van der Waals surface area contributed by atoms with E-state index in [0.29, 0.717) is 6.04 Å². The lowest BCUT2D eigenvalue weighted by Gasteiger charge is -2.05. The van der Waals surface area contributed by atoms with Gasteiger partial charge in [0, 0.05) is 0 Å². The van der Waals surface area contributed by atoms with Gasteiger partial charge in [0.25, 0.3) is 0 Å². The molecule has 0 amide bonds. The Balaban J connectivity index is 3.49. The Labute approximate surface area is 63.9 Å². The molecule has 0 saturated heterocycles. The molecule has 0 bridgehead atoms. The van der Waals surface area contributed by atoms with E-state index in [1.807, 2.05) is 6.92 Å². The Hall–Kier alpha value is -0.590. The van der Waals surface area contributed by atoms with Crippen LogP contribution in [0, 0.1) is 0 Å². The maximum absolute atomic E-state index is 4.01. The van der Waals surface area contributed by atoms with Crippen LogP contribution in [0.15, 0.2) is 17.1 Å². The van der Waals surface area contributed by atoms with E-state index >= 15 is 0 Å². The standard InChI is InChI=1S/C9H17N/c1-4-6-8-9(10-3)7-5-2/h4,6,9H,3,5,7-8H2,1-2H3/b6-4+. The molecule has 0 saturated carbocycles. The van der Waals surface area contributed by atoms with Crippen molar-refractivity contribution in [3.05, 3.63) is 12.2 Å². The van der Waals surface area contributed by atoms with Gasteiger partial charge in [-0.2, -0.15) is 0 Å². The molecule has 0 aliphatic carbocycles. The first-order valence-electron chi connectivity index (χ1n) is 3.92. The molecule has 0 aliphatic rings. The fraction of sp³-hybridized carbons (Fsp3) is 0.667. The third-order valence-electron chi connectivity index (χ3n) is 1.52. The quantitative estimate of drug-likeness (QED) is 0.410. The highest BCUT2D eigenvalue weighted by molar-refractivity contribution is 5.24. The van der Waals surface area contributed by atoms with Gasteiger partial charge in [0.15, 0.2) is 0 Å². The summed E-state index contributed by atoms with van der Waals surface area (Å²) >= 11 is 0. The van der Waals surface area contributed by atoms with Crippen molar-refractivity contribution in [3.8, 4) is 0 Å². The zero-order valence-corrected chi connectivity index (χ0v) is 7.01. The molecule has 0 aromatic rings. The van der Waals surface area contributed by atoms with Crippen molar-refractivity contribution in [2.45, 2.75) is 39.2 Å². The molecule has 1 heteroatoms. The van der Waals surface area contributed by atoms with E-state index in [1.165, 1.54) is 6.42 Å². The van der Waals surface area contributed by atoms with Gasteiger partial charge in [0.1, 0.15) is 0 Å². The van der Waals surface area contributed by atoms with Gasteiger partial charge in [-0.15, -0.1) is 0 Å². The summed E-state index contributed by atoms with van der Waals surface area (Å²) in [6.45, 7) is 7.76. The molecular formula is C9H17N. The summed E-state index contributed by atoms with van der Waals surface area (Å²) in [5.41, 5.74) is 0. The second-order valence-corrected chi connectivity index (χ2v) is 2.43. The highest BCUT2D eigenvalue weighted by atomic mass is 14.7. The molecule has 1 nitrogen and oxygen atoms in total. The second-order valence-electron chi connectivity index (χ2n) is 2.43. The van der Waals surface area contributed by atoms with Gasteiger partial charge < -0.3 is 0 Å². The Morgan fingerprint density at radius 2 is 2.30 bits per heavy atom. The number of hydrogen-bond acceptors (Lipinski definition) is 1. The zero-order valence-electron chi connectivity index (χ0n) is 7.01. The molecule has 0 aromatic carbocycles. The summed E-state index contributed by atoms with van der Waals surface area (Å²) in [6.07, 6.45) is 7.62. The molecular weight excluding hydrogens is 122 g/mol. The molecule has 0 spiro atoms. The lowest BCUT2D eigenvalue weighted by molar-refractivity contribution is 0.616. The van der Waals surface area contributed by atoms with Crippen molar-refractivity contribution >= 4 is 6.72 Å². The molecule has 0 radical (unpaired) electrons. The van der Waals surface area contributed by atoms with Crippen LogP contribution in [-0.2, 0) is 0 Å². The number of allylic oxidation sites excluding steroid dienone is 1. The largest absolute Gasteiger partial charge is 0.297 e. The van der Waals surface area contributed by atoms with Crippen LogP contribution >= 0.6 is 0 Å². The van der Waals surface area contributed by atoms with Crippen molar-refractivity contribution in [2.24, 2.45) is 4.99 Å². The van der Waals surface area contributed by atoms with Crippen molar-refractivity contribution < 1.29 is 0 Å². The number of nitrogens with zero attached hydrogens (tertiary/aromatic N) is 1. The van der Waals surface area contributed by atoms with Crippen LogP contribution in [0.5, 0.6) is 0 Å². The molecule has 0 aromatic heterocycles. The molecule has 0 N–H and O–H groups in total. The Bertz CT molecular complexity index is 105. The predicted octanol–water partition coefficient (Wildman–Crippen LogP) is 2.82. The summed E-state index contributed by atoms with van der Waals surface area (Å²) in [4.78, 5) is 4.01. The van der Waals surface area contributed by atoms with Crippen molar-refractivity contribution in [1.29, 1.82) is 0 Å². The first kappa shape index (κ1) is 9.41. The van der Waals surface area contributed by atoms with Gasteiger partial charge in [-0.1, -0.05) is 25.5 Å². The van der Waals surface area contributed by atoms with E-state index in [9.17, 15) is 0 Å². The maximum Gasteiger partial charge on any atom is 0.0526 e. The summed E-state index contributed by atoms with van der Waals surface area (Å²) < 4.78 is 0. The van der Waals surface area contributed by atoms with Crippen molar-refractivity contribution in [3.63, 3.8) is 0 Å². The van der Waals surface area contributed by atoms with Gasteiger partial charge >= 0.3 is 0 Å². The molecule has 10 heavy (non-hydrogen) atoms. The fourth-order valence-electron chi connectivity index (χ4n) is 0.910.